The topological polar surface area (TPSA) is 51.2 Å². The van der Waals surface area contributed by atoms with Crippen LogP contribution in [0.25, 0.3) is 0 Å². The van der Waals surface area contributed by atoms with Gasteiger partial charge in [0.15, 0.2) is 0 Å². The average molecular weight is 218 g/mol. The van der Waals surface area contributed by atoms with E-state index in [1.165, 1.54) is 6.20 Å². The third-order valence-electron chi connectivity index (χ3n) is 2.11. The number of rotatable bonds is 6. The molecule has 86 valence electrons. The van der Waals surface area contributed by atoms with Gasteiger partial charge in [-0.25, -0.2) is 0 Å². The van der Waals surface area contributed by atoms with Gasteiger partial charge in [0, 0.05) is 12.1 Å². The predicted molar refractivity (Wildman–Crippen MR) is 66.5 cm³/mol. The van der Waals surface area contributed by atoms with Crippen molar-refractivity contribution in [3.63, 3.8) is 0 Å². The van der Waals surface area contributed by atoms with Gasteiger partial charge in [-0.1, -0.05) is 19.6 Å². The second-order valence-electron chi connectivity index (χ2n) is 3.29. The predicted octanol–water partition coefficient (Wildman–Crippen LogP) is 2.47. The Morgan fingerprint density at radius 3 is 2.81 bits per heavy atom. The molecule has 0 aliphatic rings. The number of hydrogen-bond donors (Lipinski definition) is 2. The number of furan rings is 1. The van der Waals surface area contributed by atoms with Gasteiger partial charge in [-0.2, -0.15) is 0 Å². The van der Waals surface area contributed by atoms with Gasteiger partial charge < -0.3 is 15.5 Å². The summed E-state index contributed by atoms with van der Waals surface area (Å²) in [6.07, 6.45) is 7.75. The Morgan fingerprint density at radius 2 is 2.25 bits per heavy atom. The highest BCUT2D eigenvalue weighted by Gasteiger charge is 1.99. The summed E-state index contributed by atoms with van der Waals surface area (Å²) in [7, 11) is 0. The van der Waals surface area contributed by atoms with Crippen LogP contribution >= 0.6 is 0 Å². The van der Waals surface area contributed by atoms with Crippen molar-refractivity contribution in [1.82, 2.24) is 5.32 Å². The van der Waals surface area contributed by atoms with Gasteiger partial charge in [0.2, 0.25) is 0 Å². The lowest BCUT2D eigenvalue weighted by molar-refractivity contribution is 0.460. The summed E-state index contributed by atoms with van der Waals surface area (Å²) in [6, 6.07) is 3.97. The maximum atomic E-state index is 5.57. The molecule has 3 heteroatoms. The van der Waals surface area contributed by atoms with Crippen molar-refractivity contribution in [1.29, 1.82) is 0 Å². The van der Waals surface area contributed by atoms with Crippen LogP contribution in [0.5, 0.6) is 0 Å². The molecule has 0 unspecified atom stereocenters. The average Bonchev–Trinajstić information content (AvgIpc) is 2.74. The number of nitrogens with one attached hydrogen (secondary N) is 1. The smallest absolute Gasteiger partial charge is 0.123 e. The number of aryl methyl sites for hydroxylation is 1. The van der Waals surface area contributed by atoms with Crippen molar-refractivity contribution in [2.75, 3.05) is 0 Å². The fraction of sp³-hybridized carbons (Fsp3) is 0.231. The lowest BCUT2D eigenvalue weighted by Gasteiger charge is -2.04. The first-order chi connectivity index (χ1) is 7.80. The summed E-state index contributed by atoms with van der Waals surface area (Å²) in [6.45, 7) is 6.35. The SMILES string of the molecule is C=C/C=C(\C=C/N)NCc1ccc(CC)o1. The van der Waals surface area contributed by atoms with Crippen molar-refractivity contribution in [2.24, 2.45) is 5.73 Å². The van der Waals surface area contributed by atoms with Gasteiger partial charge >= 0.3 is 0 Å². The first-order valence-electron chi connectivity index (χ1n) is 5.32. The molecule has 0 saturated carbocycles. The molecule has 3 N–H and O–H groups in total. The molecule has 0 saturated heterocycles. The summed E-state index contributed by atoms with van der Waals surface area (Å²) >= 11 is 0. The number of allylic oxidation sites excluding steroid dienone is 3. The van der Waals surface area contributed by atoms with E-state index in [4.69, 9.17) is 10.2 Å². The largest absolute Gasteiger partial charge is 0.464 e. The molecule has 1 heterocycles. The number of hydrogen-bond acceptors (Lipinski definition) is 3. The summed E-state index contributed by atoms with van der Waals surface area (Å²) in [4.78, 5) is 0. The van der Waals surface area contributed by atoms with Crippen LogP contribution in [0.2, 0.25) is 0 Å². The Kier molecular flexibility index (Phi) is 4.99. The van der Waals surface area contributed by atoms with Gasteiger partial charge in [-0.05, 0) is 30.5 Å². The molecule has 0 aromatic carbocycles. The van der Waals surface area contributed by atoms with Crippen molar-refractivity contribution >= 4 is 0 Å². The van der Waals surface area contributed by atoms with Gasteiger partial charge in [-0.15, -0.1) is 0 Å². The molecule has 1 aromatic heterocycles. The summed E-state index contributed by atoms with van der Waals surface area (Å²) in [5.41, 5.74) is 6.24. The molecule has 1 rings (SSSR count). The van der Waals surface area contributed by atoms with Crippen molar-refractivity contribution in [3.8, 4) is 0 Å². The van der Waals surface area contributed by atoms with Crippen molar-refractivity contribution < 1.29 is 4.42 Å². The quantitative estimate of drug-likeness (QED) is 0.721. The highest BCUT2D eigenvalue weighted by atomic mass is 16.3. The van der Waals surface area contributed by atoms with Crippen LogP contribution in [0, 0.1) is 0 Å². The van der Waals surface area contributed by atoms with E-state index in [9.17, 15) is 0 Å². The minimum Gasteiger partial charge on any atom is -0.464 e. The third-order valence-corrected chi connectivity index (χ3v) is 2.11. The Bertz CT molecular complexity index is 388. The third kappa shape index (κ3) is 3.69. The van der Waals surface area contributed by atoms with E-state index in [-0.39, 0.29) is 0 Å². The van der Waals surface area contributed by atoms with E-state index < -0.39 is 0 Å². The first-order valence-corrected chi connectivity index (χ1v) is 5.32. The first kappa shape index (κ1) is 12.2. The van der Waals surface area contributed by atoms with E-state index >= 15 is 0 Å². The highest BCUT2D eigenvalue weighted by Crippen LogP contribution is 2.08. The Morgan fingerprint density at radius 1 is 1.50 bits per heavy atom. The maximum Gasteiger partial charge on any atom is 0.123 e. The molecule has 0 bridgehead atoms. The van der Waals surface area contributed by atoms with Gasteiger partial charge in [0.05, 0.1) is 6.54 Å². The zero-order valence-corrected chi connectivity index (χ0v) is 9.57. The van der Waals surface area contributed by atoms with E-state index in [2.05, 4.69) is 18.8 Å². The van der Waals surface area contributed by atoms with Gasteiger partial charge in [0.25, 0.3) is 0 Å². The molecule has 16 heavy (non-hydrogen) atoms. The molecule has 0 spiro atoms. The van der Waals surface area contributed by atoms with Crippen LogP contribution in [-0.2, 0) is 13.0 Å². The normalized spacial score (nSPS) is 11.9. The zero-order valence-electron chi connectivity index (χ0n) is 9.57. The number of nitrogens with two attached hydrogens (primary N) is 1. The second kappa shape index (κ2) is 6.56. The molecule has 0 aliphatic carbocycles. The monoisotopic (exact) mass is 218 g/mol. The van der Waals surface area contributed by atoms with Crippen LogP contribution < -0.4 is 11.1 Å². The van der Waals surface area contributed by atoms with Gasteiger partial charge in [-0.3, -0.25) is 0 Å². The summed E-state index contributed by atoms with van der Waals surface area (Å²) < 4.78 is 5.57. The lowest BCUT2D eigenvalue weighted by atomic mass is 10.3. The molecular weight excluding hydrogens is 200 g/mol. The van der Waals surface area contributed by atoms with E-state index in [1.807, 2.05) is 18.2 Å². The van der Waals surface area contributed by atoms with Crippen LogP contribution in [0.3, 0.4) is 0 Å². The maximum absolute atomic E-state index is 5.57. The van der Waals surface area contributed by atoms with Crippen molar-refractivity contribution in [3.05, 3.63) is 60.4 Å². The van der Waals surface area contributed by atoms with Crippen molar-refractivity contribution in [2.45, 2.75) is 19.9 Å². The van der Waals surface area contributed by atoms with Crippen LogP contribution in [0.4, 0.5) is 0 Å². The minimum atomic E-state index is 0.643. The molecule has 0 aliphatic heterocycles. The molecule has 0 fully saturated rings. The zero-order chi connectivity index (χ0) is 11.8. The molecule has 3 nitrogen and oxygen atoms in total. The minimum absolute atomic E-state index is 0.643. The van der Waals surface area contributed by atoms with E-state index in [1.54, 1.807) is 12.2 Å². The second-order valence-corrected chi connectivity index (χ2v) is 3.29. The molecule has 0 radical (unpaired) electrons. The Balaban J connectivity index is 2.55. The standard InChI is InChI=1S/C13H18N2O/c1-3-5-11(8-9-14)15-10-13-7-6-12(4-2)16-13/h3,5-9,15H,1,4,10,14H2,2H3/b9-8-,11-5+. The van der Waals surface area contributed by atoms with Crippen LogP contribution in [0.1, 0.15) is 18.4 Å². The molecule has 1 aromatic rings. The highest BCUT2D eigenvalue weighted by molar-refractivity contribution is 5.21. The summed E-state index contributed by atoms with van der Waals surface area (Å²) in [5, 5.41) is 3.20. The van der Waals surface area contributed by atoms with Crippen LogP contribution in [-0.4, -0.2) is 0 Å². The molecular formula is C13H18N2O. The van der Waals surface area contributed by atoms with E-state index in [0.29, 0.717) is 6.54 Å². The molecule has 0 atom stereocenters. The Labute approximate surface area is 96.3 Å². The van der Waals surface area contributed by atoms with Gasteiger partial charge in [0.1, 0.15) is 11.5 Å². The summed E-state index contributed by atoms with van der Waals surface area (Å²) in [5.74, 6) is 1.91. The molecule has 0 amide bonds. The lowest BCUT2D eigenvalue weighted by Crippen LogP contribution is -2.10. The fourth-order valence-corrected chi connectivity index (χ4v) is 1.30. The van der Waals surface area contributed by atoms with E-state index in [0.717, 1.165) is 23.6 Å². The fourth-order valence-electron chi connectivity index (χ4n) is 1.30. The Hall–Kier alpha value is -1.90. The van der Waals surface area contributed by atoms with Crippen LogP contribution in [0.15, 0.2) is 53.3 Å².